The van der Waals surface area contributed by atoms with Crippen molar-refractivity contribution in [1.82, 2.24) is 9.62 Å². The summed E-state index contributed by atoms with van der Waals surface area (Å²) in [5.74, 6) is -0.369. The van der Waals surface area contributed by atoms with Gasteiger partial charge in [-0.2, -0.15) is 4.31 Å². The number of rotatable bonds is 6. The number of halogens is 1. The standard InChI is InChI=1S/C17H19ClN2O3S/c1-13(14-6-4-3-5-7-14)19-17(21)12-20(2)24(22,23)16-10-8-15(18)9-11-16/h3-11,13H,12H2,1-2H3,(H,19,21). The number of amides is 1. The van der Waals surface area contributed by atoms with Gasteiger partial charge in [-0.05, 0) is 36.8 Å². The summed E-state index contributed by atoms with van der Waals surface area (Å²) in [4.78, 5) is 12.2. The summed E-state index contributed by atoms with van der Waals surface area (Å²) in [6.07, 6.45) is 0. The predicted molar refractivity (Wildman–Crippen MR) is 94.3 cm³/mol. The minimum Gasteiger partial charge on any atom is -0.348 e. The second-order valence-electron chi connectivity index (χ2n) is 5.41. The van der Waals surface area contributed by atoms with E-state index in [9.17, 15) is 13.2 Å². The van der Waals surface area contributed by atoms with Gasteiger partial charge < -0.3 is 5.32 Å². The van der Waals surface area contributed by atoms with E-state index in [2.05, 4.69) is 5.32 Å². The van der Waals surface area contributed by atoms with Gasteiger partial charge in [0.05, 0.1) is 17.5 Å². The van der Waals surface area contributed by atoms with Crippen LogP contribution in [0.2, 0.25) is 5.02 Å². The van der Waals surface area contributed by atoms with Gasteiger partial charge in [0.25, 0.3) is 0 Å². The van der Waals surface area contributed by atoms with Gasteiger partial charge in [-0.25, -0.2) is 8.42 Å². The summed E-state index contributed by atoms with van der Waals surface area (Å²) in [5, 5.41) is 3.24. The van der Waals surface area contributed by atoms with Gasteiger partial charge in [-0.3, -0.25) is 4.79 Å². The molecule has 1 unspecified atom stereocenters. The Labute approximate surface area is 147 Å². The van der Waals surface area contributed by atoms with Gasteiger partial charge in [-0.15, -0.1) is 0 Å². The van der Waals surface area contributed by atoms with Crippen molar-refractivity contribution in [2.24, 2.45) is 0 Å². The fourth-order valence-electron chi connectivity index (χ4n) is 2.19. The van der Waals surface area contributed by atoms with Crippen LogP contribution in [0.5, 0.6) is 0 Å². The lowest BCUT2D eigenvalue weighted by atomic mass is 10.1. The first-order chi connectivity index (χ1) is 11.3. The zero-order chi connectivity index (χ0) is 17.7. The number of benzene rings is 2. The molecule has 1 atom stereocenters. The number of sulfonamides is 1. The van der Waals surface area contributed by atoms with Crippen LogP contribution in [-0.4, -0.2) is 32.2 Å². The van der Waals surface area contributed by atoms with E-state index >= 15 is 0 Å². The van der Waals surface area contributed by atoms with E-state index in [0.717, 1.165) is 9.87 Å². The zero-order valence-corrected chi connectivity index (χ0v) is 15.0. The molecule has 0 saturated heterocycles. The molecular weight excluding hydrogens is 348 g/mol. The van der Waals surface area contributed by atoms with Gasteiger partial charge in [0, 0.05) is 12.1 Å². The molecule has 0 spiro atoms. The van der Waals surface area contributed by atoms with Crippen molar-refractivity contribution in [2.45, 2.75) is 17.9 Å². The van der Waals surface area contributed by atoms with Gasteiger partial charge >= 0.3 is 0 Å². The van der Waals surface area contributed by atoms with E-state index in [0.29, 0.717) is 5.02 Å². The SMILES string of the molecule is CC(NC(=O)CN(C)S(=O)(=O)c1ccc(Cl)cc1)c1ccccc1. The maximum atomic E-state index is 12.4. The fourth-order valence-corrected chi connectivity index (χ4v) is 3.44. The summed E-state index contributed by atoms with van der Waals surface area (Å²) in [7, 11) is -2.37. The highest BCUT2D eigenvalue weighted by Gasteiger charge is 2.23. The fraction of sp³-hybridized carbons (Fsp3) is 0.235. The number of likely N-dealkylation sites (N-methyl/N-ethyl adjacent to an activating group) is 1. The molecule has 0 aromatic heterocycles. The van der Waals surface area contributed by atoms with Crippen LogP contribution in [0.3, 0.4) is 0 Å². The summed E-state index contributed by atoms with van der Waals surface area (Å²) in [5.41, 5.74) is 0.953. The molecule has 0 aliphatic heterocycles. The highest BCUT2D eigenvalue weighted by molar-refractivity contribution is 7.89. The lowest BCUT2D eigenvalue weighted by Crippen LogP contribution is -2.39. The number of hydrogen-bond acceptors (Lipinski definition) is 3. The third-order valence-corrected chi connectivity index (χ3v) is 5.63. The second kappa shape index (κ2) is 7.79. The minimum absolute atomic E-state index is 0.0957. The van der Waals surface area contributed by atoms with Crippen molar-refractivity contribution in [3.63, 3.8) is 0 Å². The number of carbonyl (C=O) groups excluding carboxylic acids is 1. The van der Waals surface area contributed by atoms with Crippen molar-refractivity contribution in [3.8, 4) is 0 Å². The molecule has 0 fully saturated rings. The smallest absolute Gasteiger partial charge is 0.243 e. The number of hydrogen-bond donors (Lipinski definition) is 1. The van der Waals surface area contributed by atoms with Crippen LogP contribution in [0.4, 0.5) is 0 Å². The van der Waals surface area contributed by atoms with Crippen LogP contribution in [0.1, 0.15) is 18.5 Å². The average Bonchev–Trinajstić information content (AvgIpc) is 2.55. The number of nitrogens with zero attached hydrogens (tertiary/aromatic N) is 1. The lowest BCUT2D eigenvalue weighted by molar-refractivity contribution is -0.121. The molecule has 0 saturated carbocycles. The highest BCUT2D eigenvalue weighted by Crippen LogP contribution is 2.17. The molecule has 7 heteroatoms. The Morgan fingerprint density at radius 1 is 1.12 bits per heavy atom. The molecule has 24 heavy (non-hydrogen) atoms. The molecule has 0 bridgehead atoms. The summed E-state index contributed by atoms with van der Waals surface area (Å²) < 4.78 is 25.9. The van der Waals surface area contributed by atoms with Crippen LogP contribution >= 0.6 is 11.6 Å². The van der Waals surface area contributed by atoms with Crippen LogP contribution in [0.25, 0.3) is 0 Å². The molecule has 2 rings (SSSR count). The zero-order valence-electron chi connectivity index (χ0n) is 13.4. The molecule has 1 amide bonds. The van der Waals surface area contributed by atoms with E-state index in [1.165, 1.54) is 31.3 Å². The van der Waals surface area contributed by atoms with Crippen LogP contribution in [0.15, 0.2) is 59.5 Å². The van der Waals surface area contributed by atoms with Gasteiger partial charge in [0.2, 0.25) is 15.9 Å². The Morgan fingerprint density at radius 2 is 1.71 bits per heavy atom. The molecule has 0 radical (unpaired) electrons. The van der Waals surface area contributed by atoms with Crippen LogP contribution < -0.4 is 5.32 Å². The van der Waals surface area contributed by atoms with Gasteiger partial charge in [0.15, 0.2) is 0 Å². The van der Waals surface area contributed by atoms with Crippen molar-refractivity contribution in [2.75, 3.05) is 13.6 Å². The molecule has 2 aromatic rings. The Balaban J connectivity index is 2.01. The predicted octanol–water partition coefficient (Wildman–Crippen LogP) is 2.84. The van der Waals surface area contributed by atoms with E-state index in [4.69, 9.17) is 11.6 Å². The maximum Gasteiger partial charge on any atom is 0.243 e. The topological polar surface area (TPSA) is 66.5 Å². The molecule has 0 aliphatic carbocycles. The van der Waals surface area contributed by atoms with Crippen LogP contribution in [0, 0.1) is 0 Å². The molecular formula is C17H19ClN2O3S. The van der Waals surface area contributed by atoms with E-state index in [1.807, 2.05) is 37.3 Å². The van der Waals surface area contributed by atoms with Crippen molar-refractivity contribution < 1.29 is 13.2 Å². The molecule has 0 aliphatic rings. The summed E-state index contributed by atoms with van der Waals surface area (Å²) >= 11 is 5.77. The van der Waals surface area contributed by atoms with Gasteiger partial charge in [0.1, 0.15) is 0 Å². The summed E-state index contributed by atoms with van der Waals surface area (Å²) in [6.45, 7) is 1.59. The van der Waals surface area contributed by atoms with Crippen molar-refractivity contribution >= 4 is 27.5 Å². The lowest BCUT2D eigenvalue weighted by Gasteiger charge is -2.19. The molecule has 1 N–H and O–H groups in total. The Hall–Kier alpha value is -1.89. The Kier molecular flexibility index (Phi) is 5.99. The van der Waals surface area contributed by atoms with Crippen molar-refractivity contribution in [1.29, 1.82) is 0 Å². The molecule has 0 heterocycles. The highest BCUT2D eigenvalue weighted by atomic mass is 35.5. The first-order valence-electron chi connectivity index (χ1n) is 7.37. The van der Waals surface area contributed by atoms with E-state index < -0.39 is 10.0 Å². The largest absolute Gasteiger partial charge is 0.348 e. The first-order valence-corrected chi connectivity index (χ1v) is 9.18. The molecule has 2 aromatic carbocycles. The van der Waals surface area contributed by atoms with E-state index in [1.54, 1.807) is 0 Å². The van der Waals surface area contributed by atoms with Crippen molar-refractivity contribution in [3.05, 3.63) is 65.2 Å². The van der Waals surface area contributed by atoms with E-state index in [-0.39, 0.29) is 23.4 Å². The minimum atomic E-state index is -3.74. The Morgan fingerprint density at radius 3 is 2.29 bits per heavy atom. The average molecular weight is 367 g/mol. The summed E-state index contributed by atoms with van der Waals surface area (Å²) in [6, 6.07) is 15.1. The molecule has 128 valence electrons. The third kappa shape index (κ3) is 4.56. The maximum absolute atomic E-state index is 12.4. The van der Waals surface area contributed by atoms with Crippen LogP contribution in [-0.2, 0) is 14.8 Å². The quantitative estimate of drug-likeness (QED) is 0.854. The Bertz CT molecular complexity index is 792. The second-order valence-corrected chi connectivity index (χ2v) is 7.90. The third-order valence-electron chi connectivity index (χ3n) is 3.57. The first kappa shape index (κ1) is 18.4. The van der Waals surface area contributed by atoms with Gasteiger partial charge in [-0.1, -0.05) is 41.9 Å². The number of carbonyl (C=O) groups is 1. The monoisotopic (exact) mass is 366 g/mol. The molecule has 5 nitrogen and oxygen atoms in total. The normalized spacial score (nSPS) is 12.8. The number of nitrogens with one attached hydrogen (secondary N) is 1.